The van der Waals surface area contributed by atoms with Crippen molar-refractivity contribution in [3.05, 3.63) is 48.0 Å². The molecule has 0 radical (unpaired) electrons. The third-order valence-electron chi connectivity index (χ3n) is 5.43. The largest absolute Gasteiger partial charge is 0.371 e. The maximum atomic E-state index is 13.6. The van der Waals surface area contributed by atoms with Crippen LogP contribution < -0.4 is 10.6 Å². The number of nitrogens with zero attached hydrogens (tertiary/aromatic N) is 3. The number of amides is 1. The van der Waals surface area contributed by atoms with Gasteiger partial charge < -0.3 is 10.6 Å². The number of hydrogen-bond acceptors (Lipinski definition) is 4. The first kappa shape index (κ1) is 18.0. The Kier molecular flexibility index (Phi) is 4.86. The Hall–Kier alpha value is -2.41. The molecule has 27 heavy (non-hydrogen) atoms. The van der Waals surface area contributed by atoms with Gasteiger partial charge in [-0.25, -0.2) is 4.39 Å². The van der Waals surface area contributed by atoms with Gasteiger partial charge in [0.05, 0.1) is 6.20 Å². The third kappa shape index (κ3) is 4.30. The summed E-state index contributed by atoms with van der Waals surface area (Å²) in [5, 5.41) is 10.7. The number of likely N-dealkylation sites (tertiary alicyclic amines) is 1. The van der Waals surface area contributed by atoms with Crippen molar-refractivity contribution in [1.29, 1.82) is 0 Å². The lowest BCUT2D eigenvalue weighted by Gasteiger charge is -2.41. The van der Waals surface area contributed by atoms with E-state index in [4.69, 9.17) is 0 Å². The molecule has 1 aromatic heterocycles. The predicted molar refractivity (Wildman–Crippen MR) is 102 cm³/mol. The molecule has 1 amide bonds. The van der Waals surface area contributed by atoms with Gasteiger partial charge in [-0.1, -0.05) is 6.07 Å². The van der Waals surface area contributed by atoms with Crippen molar-refractivity contribution < 1.29 is 9.18 Å². The highest BCUT2D eigenvalue weighted by Crippen LogP contribution is 2.30. The van der Waals surface area contributed by atoms with Crippen LogP contribution in [-0.4, -0.2) is 45.3 Å². The molecule has 144 valence electrons. The molecule has 2 aromatic rings. The molecule has 1 saturated heterocycles. The minimum Gasteiger partial charge on any atom is -0.371 e. The van der Waals surface area contributed by atoms with Gasteiger partial charge in [0.1, 0.15) is 11.4 Å². The van der Waals surface area contributed by atoms with Crippen LogP contribution in [0.3, 0.4) is 0 Å². The second-order valence-electron chi connectivity index (χ2n) is 7.76. The lowest BCUT2D eigenvalue weighted by Crippen LogP contribution is -2.58. The summed E-state index contributed by atoms with van der Waals surface area (Å²) in [4.78, 5) is 15.4. The molecule has 0 spiro atoms. The number of benzene rings is 1. The Morgan fingerprint density at radius 2 is 2.11 bits per heavy atom. The predicted octanol–water partition coefficient (Wildman–Crippen LogP) is 2.28. The standard InChI is InChI=1S/C20H26FN5O/c1-25-13-15(12-22-25)14-26-9-7-20(8-10-26,19(27)23-17-5-6-17)24-18-4-2-3-16(21)11-18/h2-4,11-13,17,24H,5-10,14H2,1H3,(H,23,27). The van der Waals surface area contributed by atoms with E-state index in [1.54, 1.807) is 10.7 Å². The molecule has 0 bridgehead atoms. The minimum atomic E-state index is -0.693. The maximum Gasteiger partial charge on any atom is 0.245 e. The van der Waals surface area contributed by atoms with Gasteiger partial charge >= 0.3 is 0 Å². The lowest BCUT2D eigenvalue weighted by molar-refractivity contribution is -0.127. The number of anilines is 1. The molecule has 0 atom stereocenters. The quantitative estimate of drug-likeness (QED) is 0.818. The summed E-state index contributed by atoms with van der Waals surface area (Å²) in [5.41, 5.74) is 1.13. The summed E-state index contributed by atoms with van der Waals surface area (Å²) in [7, 11) is 1.91. The number of nitrogens with one attached hydrogen (secondary N) is 2. The minimum absolute atomic E-state index is 0.0373. The van der Waals surface area contributed by atoms with Gasteiger partial charge in [0.2, 0.25) is 5.91 Å². The summed E-state index contributed by atoms with van der Waals surface area (Å²) < 4.78 is 15.4. The van der Waals surface area contributed by atoms with Crippen LogP contribution in [-0.2, 0) is 18.4 Å². The van der Waals surface area contributed by atoms with E-state index < -0.39 is 5.54 Å². The zero-order valence-corrected chi connectivity index (χ0v) is 15.6. The number of aromatic nitrogens is 2. The molecule has 6 nitrogen and oxygen atoms in total. The third-order valence-corrected chi connectivity index (χ3v) is 5.43. The van der Waals surface area contributed by atoms with E-state index in [-0.39, 0.29) is 11.7 Å². The van der Waals surface area contributed by atoms with Gasteiger partial charge in [0, 0.05) is 50.2 Å². The number of carbonyl (C=O) groups excluding carboxylic acids is 1. The zero-order valence-electron chi connectivity index (χ0n) is 15.6. The van der Waals surface area contributed by atoms with Crippen molar-refractivity contribution in [3.8, 4) is 0 Å². The molecule has 1 aromatic carbocycles. The van der Waals surface area contributed by atoms with Crippen LogP contribution in [0.15, 0.2) is 36.7 Å². The van der Waals surface area contributed by atoms with Crippen molar-refractivity contribution in [1.82, 2.24) is 20.0 Å². The fraction of sp³-hybridized carbons (Fsp3) is 0.500. The molecule has 7 heteroatoms. The van der Waals surface area contributed by atoms with E-state index in [1.165, 1.54) is 17.7 Å². The van der Waals surface area contributed by atoms with Gasteiger partial charge in [-0.15, -0.1) is 0 Å². The average molecular weight is 371 g/mol. The van der Waals surface area contributed by atoms with Crippen LogP contribution in [0.5, 0.6) is 0 Å². The number of rotatable bonds is 6. The Morgan fingerprint density at radius 1 is 1.33 bits per heavy atom. The van der Waals surface area contributed by atoms with Gasteiger partial charge in [-0.3, -0.25) is 14.4 Å². The zero-order chi connectivity index (χ0) is 18.9. The molecule has 2 fully saturated rings. The smallest absolute Gasteiger partial charge is 0.245 e. The fourth-order valence-corrected chi connectivity index (χ4v) is 3.71. The first-order valence-corrected chi connectivity index (χ1v) is 9.57. The topological polar surface area (TPSA) is 62.2 Å². The highest BCUT2D eigenvalue weighted by atomic mass is 19.1. The van der Waals surface area contributed by atoms with E-state index in [0.29, 0.717) is 24.6 Å². The van der Waals surface area contributed by atoms with Crippen molar-refractivity contribution in [3.63, 3.8) is 0 Å². The molecule has 0 unspecified atom stereocenters. The number of halogens is 1. The van der Waals surface area contributed by atoms with E-state index in [2.05, 4.69) is 20.6 Å². The van der Waals surface area contributed by atoms with Gasteiger partial charge in [0.15, 0.2) is 0 Å². The second kappa shape index (κ2) is 7.31. The Labute approximate surface area is 158 Å². The van der Waals surface area contributed by atoms with Crippen LogP contribution in [0, 0.1) is 5.82 Å². The first-order chi connectivity index (χ1) is 13.0. The Balaban J connectivity index is 1.46. The van der Waals surface area contributed by atoms with Gasteiger partial charge in [-0.05, 0) is 43.9 Å². The summed E-state index contributed by atoms with van der Waals surface area (Å²) >= 11 is 0. The number of piperidine rings is 1. The van der Waals surface area contributed by atoms with Crippen LogP contribution in [0.2, 0.25) is 0 Å². The average Bonchev–Trinajstić information content (AvgIpc) is 3.36. The summed E-state index contributed by atoms with van der Waals surface area (Å²) in [6.07, 6.45) is 7.37. The summed E-state index contributed by atoms with van der Waals surface area (Å²) in [6.45, 7) is 2.43. The molecular weight excluding hydrogens is 345 g/mol. The van der Waals surface area contributed by atoms with Crippen molar-refractivity contribution in [2.24, 2.45) is 7.05 Å². The van der Waals surface area contributed by atoms with Crippen molar-refractivity contribution in [2.75, 3.05) is 18.4 Å². The highest BCUT2D eigenvalue weighted by Gasteiger charge is 2.43. The molecular formula is C20H26FN5O. The molecule has 2 N–H and O–H groups in total. The first-order valence-electron chi connectivity index (χ1n) is 9.57. The van der Waals surface area contributed by atoms with Crippen molar-refractivity contribution >= 4 is 11.6 Å². The normalized spacial score (nSPS) is 19.6. The maximum absolute atomic E-state index is 13.6. The molecule has 2 aliphatic rings. The summed E-state index contributed by atoms with van der Waals surface area (Å²) in [6, 6.07) is 6.66. The van der Waals surface area contributed by atoms with E-state index in [0.717, 1.165) is 32.5 Å². The number of carbonyl (C=O) groups is 1. The van der Waals surface area contributed by atoms with Crippen molar-refractivity contribution in [2.45, 2.75) is 43.8 Å². The fourth-order valence-electron chi connectivity index (χ4n) is 3.71. The van der Waals surface area contributed by atoms with Gasteiger partial charge in [0.25, 0.3) is 0 Å². The molecule has 4 rings (SSSR count). The number of hydrogen-bond donors (Lipinski definition) is 2. The van der Waals surface area contributed by atoms with E-state index in [9.17, 15) is 9.18 Å². The van der Waals surface area contributed by atoms with E-state index >= 15 is 0 Å². The summed E-state index contributed by atoms with van der Waals surface area (Å²) in [5.74, 6) is -0.262. The monoisotopic (exact) mass is 371 g/mol. The second-order valence-corrected chi connectivity index (χ2v) is 7.76. The SMILES string of the molecule is Cn1cc(CN2CCC(Nc3cccc(F)c3)(C(=O)NC3CC3)CC2)cn1. The highest BCUT2D eigenvalue weighted by molar-refractivity contribution is 5.90. The van der Waals surface area contributed by atoms with Crippen LogP contribution in [0.1, 0.15) is 31.2 Å². The van der Waals surface area contributed by atoms with Gasteiger partial charge in [-0.2, -0.15) is 5.10 Å². The molecule has 2 heterocycles. The lowest BCUT2D eigenvalue weighted by atomic mass is 9.85. The molecule has 1 aliphatic heterocycles. The molecule has 1 saturated carbocycles. The molecule has 1 aliphatic carbocycles. The van der Waals surface area contributed by atoms with Crippen LogP contribution >= 0.6 is 0 Å². The Bertz CT molecular complexity index is 808. The van der Waals surface area contributed by atoms with Crippen LogP contribution in [0.4, 0.5) is 10.1 Å². The Morgan fingerprint density at radius 3 is 2.74 bits per heavy atom. The van der Waals surface area contributed by atoms with E-state index in [1.807, 2.05) is 25.5 Å². The van der Waals surface area contributed by atoms with Crippen LogP contribution in [0.25, 0.3) is 0 Å². The number of aryl methyl sites for hydroxylation is 1.